The number of sulfonamides is 1. The van der Waals surface area contributed by atoms with E-state index in [1.54, 1.807) is 7.05 Å². The number of nitrogens with one attached hydrogen (secondary N) is 2. The lowest BCUT2D eigenvalue weighted by Crippen LogP contribution is -2.47. The van der Waals surface area contributed by atoms with Gasteiger partial charge in [-0.1, -0.05) is 23.2 Å². The van der Waals surface area contributed by atoms with Crippen LogP contribution < -0.4 is 10.3 Å². The van der Waals surface area contributed by atoms with Crippen molar-refractivity contribution in [3.8, 4) is 11.3 Å². The molecule has 1 aliphatic rings. The number of imidazole rings is 1. The van der Waals surface area contributed by atoms with E-state index in [4.69, 9.17) is 39.5 Å². The Balaban J connectivity index is 1.85. The largest absolute Gasteiger partial charge is 0.381 e. The molecule has 0 aliphatic carbocycles. The third kappa shape index (κ3) is 4.68. The lowest BCUT2D eigenvalue weighted by molar-refractivity contribution is 0.0934. The van der Waals surface area contributed by atoms with E-state index in [0.717, 1.165) is 6.07 Å². The van der Waals surface area contributed by atoms with Crippen LogP contribution in [0.5, 0.6) is 0 Å². The fourth-order valence-corrected chi connectivity index (χ4v) is 4.66. The number of carbonyl (C=O) groups is 1. The lowest BCUT2D eigenvalue weighted by Gasteiger charge is -2.22. The Bertz CT molecular complexity index is 1050. The second kappa shape index (κ2) is 8.75. The summed E-state index contributed by atoms with van der Waals surface area (Å²) in [5.74, 6) is -2.05. The molecule has 0 atom stereocenters. The van der Waals surface area contributed by atoms with Crippen molar-refractivity contribution in [3.63, 3.8) is 0 Å². The van der Waals surface area contributed by atoms with E-state index < -0.39 is 32.6 Å². The molecule has 158 valence electrons. The third-order valence-electron chi connectivity index (χ3n) is 4.43. The maximum absolute atomic E-state index is 14.4. The maximum atomic E-state index is 14.4. The van der Waals surface area contributed by atoms with Crippen molar-refractivity contribution in [1.29, 1.82) is 0 Å². The molecule has 0 spiro atoms. The monoisotopic (exact) mass is 484 g/mol. The Hall–Kier alpha value is -1.43. The van der Waals surface area contributed by atoms with Crippen LogP contribution >= 0.6 is 34.8 Å². The summed E-state index contributed by atoms with van der Waals surface area (Å²) < 4.78 is 45.5. The normalized spacial score (nSPS) is 15.5. The molecule has 0 unspecified atom stereocenters. The van der Waals surface area contributed by atoms with Gasteiger partial charge in [0.05, 0.1) is 15.8 Å². The molecule has 2 heterocycles. The van der Waals surface area contributed by atoms with E-state index in [2.05, 4.69) is 4.98 Å². The van der Waals surface area contributed by atoms with Crippen molar-refractivity contribution in [2.75, 3.05) is 13.2 Å². The van der Waals surface area contributed by atoms with Gasteiger partial charge in [0.2, 0.25) is 15.3 Å². The standard InChI is InChI=1S/C16H16Cl3FN4O4S/c1-24-14(18)13(21-16(24)19)8-6-10(12(20)11(17)7-8)15(25)22-23-29(26,27)9-2-4-28-5-3-9/h6-7,9,23H,2-5H2,1H3,(H,22,25). The lowest BCUT2D eigenvalue weighted by atomic mass is 10.1. The Labute approximate surface area is 181 Å². The van der Waals surface area contributed by atoms with E-state index in [9.17, 15) is 17.6 Å². The smallest absolute Gasteiger partial charge is 0.269 e. The van der Waals surface area contributed by atoms with Crippen LogP contribution in [0, 0.1) is 5.82 Å². The summed E-state index contributed by atoms with van der Waals surface area (Å²) in [7, 11) is -2.28. The molecule has 0 bridgehead atoms. The second-order valence-corrected chi connectivity index (χ2v) is 9.38. The van der Waals surface area contributed by atoms with E-state index in [0.29, 0.717) is 26.1 Å². The number of rotatable bonds is 5. The predicted octanol–water partition coefficient (Wildman–Crippen LogP) is 2.93. The van der Waals surface area contributed by atoms with Crippen LogP contribution in [-0.4, -0.2) is 42.3 Å². The third-order valence-corrected chi connectivity index (χ3v) is 7.21. The van der Waals surface area contributed by atoms with Gasteiger partial charge in [-0.3, -0.25) is 10.2 Å². The van der Waals surface area contributed by atoms with Gasteiger partial charge in [-0.25, -0.2) is 17.8 Å². The highest BCUT2D eigenvalue weighted by molar-refractivity contribution is 7.90. The van der Waals surface area contributed by atoms with Gasteiger partial charge in [-0.15, -0.1) is 4.83 Å². The van der Waals surface area contributed by atoms with Crippen molar-refractivity contribution >= 4 is 50.7 Å². The molecule has 2 N–H and O–H groups in total. The number of hydrazine groups is 1. The van der Waals surface area contributed by atoms with Gasteiger partial charge in [0.1, 0.15) is 10.8 Å². The van der Waals surface area contributed by atoms with Crippen LogP contribution in [0.4, 0.5) is 4.39 Å². The number of amides is 1. The highest BCUT2D eigenvalue weighted by Crippen LogP contribution is 2.33. The Morgan fingerprint density at radius 3 is 2.52 bits per heavy atom. The Morgan fingerprint density at radius 1 is 1.28 bits per heavy atom. The van der Waals surface area contributed by atoms with Crippen molar-refractivity contribution in [2.24, 2.45) is 7.05 Å². The van der Waals surface area contributed by atoms with Crippen LogP contribution in [0.2, 0.25) is 15.5 Å². The zero-order valence-electron chi connectivity index (χ0n) is 15.0. The summed E-state index contributed by atoms with van der Waals surface area (Å²) in [6.45, 7) is 0.610. The van der Waals surface area contributed by atoms with Crippen molar-refractivity contribution in [1.82, 2.24) is 19.8 Å². The van der Waals surface area contributed by atoms with Gasteiger partial charge in [0, 0.05) is 25.8 Å². The van der Waals surface area contributed by atoms with Crippen LogP contribution in [-0.2, 0) is 21.8 Å². The maximum Gasteiger partial charge on any atom is 0.269 e. The molecular weight excluding hydrogens is 470 g/mol. The number of hydrogen-bond acceptors (Lipinski definition) is 5. The topological polar surface area (TPSA) is 102 Å². The molecule has 29 heavy (non-hydrogen) atoms. The first kappa shape index (κ1) is 22.3. The second-order valence-electron chi connectivity index (χ2n) is 6.31. The molecule has 1 aliphatic heterocycles. The van der Waals surface area contributed by atoms with Crippen LogP contribution in [0.3, 0.4) is 0 Å². The summed E-state index contributed by atoms with van der Waals surface area (Å²) in [6.07, 6.45) is 0.583. The highest BCUT2D eigenvalue weighted by atomic mass is 35.5. The summed E-state index contributed by atoms with van der Waals surface area (Å²) in [4.78, 5) is 18.5. The average molecular weight is 486 g/mol. The molecule has 1 aromatic carbocycles. The number of nitrogens with zero attached hydrogens (tertiary/aromatic N) is 2. The van der Waals surface area contributed by atoms with Crippen molar-refractivity contribution in [2.45, 2.75) is 18.1 Å². The fraction of sp³-hybridized carbons (Fsp3) is 0.375. The first-order valence-electron chi connectivity index (χ1n) is 8.37. The Kier molecular flexibility index (Phi) is 6.71. The summed E-state index contributed by atoms with van der Waals surface area (Å²) in [5, 5.41) is -0.839. The van der Waals surface area contributed by atoms with Crippen LogP contribution in [0.25, 0.3) is 11.3 Å². The molecule has 13 heteroatoms. The first-order valence-corrected chi connectivity index (χ1v) is 11.1. The first-order chi connectivity index (χ1) is 13.6. The van der Waals surface area contributed by atoms with E-state index in [-0.39, 0.29) is 26.7 Å². The molecule has 1 fully saturated rings. The number of benzene rings is 1. The minimum absolute atomic E-state index is 0.0840. The SMILES string of the molecule is Cn1c(Cl)nc(-c2cc(Cl)c(F)c(C(=O)NNS(=O)(=O)C3CCOCC3)c2)c1Cl. The summed E-state index contributed by atoms with van der Waals surface area (Å²) in [6, 6.07) is 2.40. The van der Waals surface area contributed by atoms with Gasteiger partial charge in [0.15, 0.2) is 5.82 Å². The van der Waals surface area contributed by atoms with E-state index >= 15 is 0 Å². The number of halogens is 4. The predicted molar refractivity (Wildman–Crippen MR) is 107 cm³/mol. The quantitative estimate of drug-likeness (QED) is 0.634. The number of carbonyl (C=O) groups excluding carboxylic acids is 1. The zero-order chi connectivity index (χ0) is 21.3. The minimum atomic E-state index is -3.85. The molecular formula is C16H16Cl3FN4O4S. The van der Waals surface area contributed by atoms with Crippen LogP contribution in [0.1, 0.15) is 23.2 Å². The van der Waals surface area contributed by atoms with Crippen molar-refractivity contribution in [3.05, 3.63) is 39.0 Å². The van der Waals surface area contributed by atoms with Gasteiger partial charge < -0.3 is 9.30 Å². The molecule has 3 rings (SSSR count). The Morgan fingerprint density at radius 2 is 1.93 bits per heavy atom. The van der Waals surface area contributed by atoms with Gasteiger partial charge >= 0.3 is 0 Å². The molecule has 8 nitrogen and oxygen atoms in total. The highest BCUT2D eigenvalue weighted by Gasteiger charge is 2.29. The fourth-order valence-electron chi connectivity index (χ4n) is 2.78. The summed E-state index contributed by atoms with van der Waals surface area (Å²) >= 11 is 18.0. The minimum Gasteiger partial charge on any atom is -0.381 e. The average Bonchev–Trinajstić information content (AvgIpc) is 2.96. The van der Waals surface area contributed by atoms with Crippen LogP contribution in [0.15, 0.2) is 12.1 Å². The van der Waals surface area contributed by atoms with Crippen molar-refractivity contribution < 1.29 is 22.3 Å². The molecule has 1 saturated heterocycles. The number of ether oxygens (including phenoxy) is 1. The van der Waals surface area contributed by atoms with E-state index in [1.807, 2.05) is 10.3 Å². The number of aromatic nitrogens is 2. The number of hydrogen-bond donors (Lipinski definition) is 2. The van der Waals surface area contributed by atoms with Gasteiger partial charge in [-0.05, 0) is 36.6 Å². The van der Waals surface area contributed by atoms with E-state index in [1.165, 1.54) is 10.6 Å². The molecule has 1 aromatic heterocycles. The summed E-state index contributed by atoms with van der Waals surface area (Å²) in [5.41, 5.74) is 1.96. The molecule has 0 radical (unpaired) electrons. The van der Waals surface area contributed by atoms with Gasteiger partial charge in [-0.2, -0.15) is 0 Å². The van der Waals surface area contributed by atoms with Gasteiger partial charge in [0.25, 0.3) is 5.91 Å². The molecule has 1 amide bonds. The molecule has 0 saturated carbocycles. The zero-order valence-corrected chi connectivity index (χ0v) is 18.1. The molecule has 2 aromatic rings.